The third-order valence-electron chi connectivity index (χ3n) is 4.43. The summed E-state index contributed by atoms with van der Waals surface area (Å²) in [5.74, 6) is -1.18. The summed E-state index contributed by atoms with van der Waals surface area (Å²) in [6, 6.07) is 13.8. The van der Waals surface area contributed by atoms with E-state index in [9.17, 15) is 14.0 Å². The summed E-state index contributed by atoms with van der Waals surface area (Å²) in [7, 11) is 0. The average Bonchev–Trinajstić information content (AvgIpc) is 3.00. The number of amides is 2. The van der Waals surface area contributed by atoms with Crippen molar-refractivity contribution in [1.82, 2.24) is 10.4 Å². The van der Waals surface area contributed by atoms with Gasteiger partial charge in [0.15, 0.2) is 0 Å². The molecule has 2 amide bonds. The maximum atomic E-state index is 13.4. The molecule has 0 fully saturated rings. The van der Waals surface area contributed by atoms with Gasteiger partial charge in [0.05, 0.1) is 16.6 Å². The van der Waals surface area contributed by atoms with E-state index in [0.717, 1.165) is 16.1 Å². The fraction of sp³-hybridized carbons (Fsp3) is 0.0476. The number of fused-ring (bicyclic) bond motifs is 1. The molecule has 1 N–H and O–H groups in total. The minimum absolute atomic E-state index is 0.0320. The Balaban J connectivity index is 1.59. The van der Waals surface area contributed by atoms with Crippen LogP contribution in [-0.4, -0.2) is 16.8 Å². The Morgan fingerprint density at radius 2 is 1.90 bits per heavy atom. The summed E-state index contributed by atoms with van der Waals surface area (Å²) >= 11 is 15.4. The van der Waals surface area contributed by atoms with Crippen molar-refractivity contribution in [1.29, 1.82) is 0 Å². The first kappa shape index (κ1) is 20.7. The van der Waals surface area contributed by atoms with E-state index in [1.807, 2.05) is 12.1 Å². The first-order valence-electron chi connectivity index (χ1n) is 8.66. The van der Waals surface area contributed by atoms with Gasteiger partial charge in [-0.25, -0.2) is 9.40 Å². The molecular formula is C21H12BrCl2FN2O3. The Bertz CT molecular complexity index is 1190. The molecule has 0 saturated heterocycles. The molecule has 5 nitrogen and oxygen atoms in total. The van der Waals surface area contributed by atoms with Crippen LogP contribution in [0.5, 0.6) is 11.5 Å². The highest BCUT2D eigenvalue weighted by Crippen LogP contribution is 2.33. The van der Waals surface area contributed by atoms with Crippen LogP contribution in [0.2, 0.25) is 10.0 Å². The van der Waals surface area contributed by atoms with Crippen molar-refractivity contribution in [2.75, 3.05) is 0 Å². The molecule has 1 aliphatic heterocycles. The number of hydrazine groups is 1. The molecule has 0 aromatic heterocycles. The van der Waals surface area contributed by atoms with Crippen LogP contribution in [0, 0.1) is 5.82 Å². The topological polar surface area (TPSA) is 58.6 Å². The van der Waals surface area contributed by atoms with Crippen LogP contribution < -0.4 is 10.2 Å². The predicted molar refractivity (Wildman–Crippen MR) is 114 cm³/mol. The SMILES string of the molecule is O=C(NN1Cc2ccc(Br)cc2C1=O)c1c(Cl)cccc1Oc1ccc(F)c(Cl)c1. The summed E-state index contributed by atoms with van der Waals surface area (Å²) in [5.41, 5.74) is 3.90. The second-order valence-corrected chi connectivity index (χ2v) is 8.15. The highest BCUT2D eigenvalue weighted by Gasteiger charge is 2.30. The number of hydrogen-bond acceptors (Lipinski definition) is 3. The summed E-state index contributed by atoms with van der Waals surface area (Å²) in [6.07, 6.45) is 0. The van der Waals surface area contributed by atoms with Crippen LogP contribution in [0.3, 0.4) is 0 Å². The maximum absolute atomic E-state index is 13.4. The van der Waals surface area contributed by atoms with Crippen molar-refractivity contribution in [2.24, 2.45) is 0 Å². The van der Waals surface area contributed by atoms with Crippen molar-refractivity contribution < 1.29 is 18.7 Å². The van der Waals surface area contributed by atoms with E-state index in [4.69, 9.17) is 27.9 Å². The molecule has 152 valence electrons. The number of nitrogens with zero attached hydrogens (tertiary/aromatic N) is 1. The minimum Gasteiger partial charge on any atom is -0.456 e. The molecule has 1 aliphatic rings. The van der Waals surface area contributed by atoms with E-state index in [-0.39, 0.29) is 39.6 Å². The average molecular weight is 510 g/mol. The summed E-state index contributed by atoms with van der Waals surface area (Å²) < 4.78 is 19.9. The maximum Gasteiger partial charge on any atom is 0.275 e. The second-order valence-electron chi connectivity index (χ2n) is 6.42. The molecule has 1 heterocycles. The number of benzene rings is 3. The van der Waals surface area contributed by atoms with Gasteiger partial charge in [0.25, 0.3) is 11.8 Å². The number of carbonyl (C=O) groups is 2. The van der Waals surface area contributed by atoms with Gasteiger partial charge in [-0.1, -0.05) is 51.3 Å². The lowest BCUT2D eigenvalue weighted by Crippen LogP contribution is -2.42. The molecular weight excluding hydrogens is 498 g/mol. The van der Waals surface area contributed by atoms with E-state index in [0.29, 0.717) is 5.56 Å². The molecule has 30 heavy (non-hydrogen) atoms. The van der Waals surface area contributed by atoms with E-state index in [1.54, 1.807) is 12.1 Å². The van der Waals surface area contributed by atoms with Gasteiger partial charge in [0.1, 0.15) is 22.9 Å². The number of halogens is 4. The molecule has 9 heteroatoms. The predicted octanol–water partition coefficient (Wildman–Crippen LogP) is 5.99. The molecule has 0 aliphatic carbocycles. The molecule has 4 rings (SSSR count). The smallest absolute Gasteiger partial charge is 0.275 e. The van der Waals surface area contributed by atoms with Crippen LogP contribution >= 0.6 is 39.1 Å². The molecule has 3 aromatic rings. The van der Waals surface area contributed by atoms with Crippen molar-refractivity contribution >= 4 is 50.9 Å². The quantitative estimate of drug-likeness (QED) is 0.470. The van der Waals surface area contributed by atoms with Gasteiger partial charge in [-0.2, -0.15) is 0 Å². The molecule has 3 aromatic carbocycles. The third-order valence-corrected chi connectivity index (χ3v) is 5.53. The van der Waals surface area contributed by atoms with Crippen LogP contribution in [0.15, 0.2) is 59.1 Å². The highest BCUT2D eigenvalue weighted by atomic mass is 79.9. The lowest BCUT2D eigenvalue weighted by molar-refractivity contribution is 0.0601. The third kappa shape index (κ3) is 4.01. The van der Waals surface area contributed by atoms with Gasteiger partial charge >= 0.3 is 0 Å². The molecule has 0 unspecified atom stereocenters. The molecule has 0 radical (unpaired) electrons. The molecule has 0 saturated carbocycles. The highest BCUT2D eigenvalue weighted by molar-refractivity contribution is 9.10. The standard InChI is InChI=1S/C21H12BrCl2FN2O3/c22-12-5-4-11-10-27(21(29)14(11)8-12)26-20(28)19-15(23)2-1-3-18(19)30-13-6-7-17(25)16(24)9-13/h1-9H,10H2,(H,26,28). The zero-order valence-electron chi connectivity index (χ0n) is 15.1. The number of nitrogens with one attached hydrogen (secondary N) is 1. The van der Waals surface area contributed by atoms with Crippen molar-refractivity contribution in [3.8, 4) is 11.5 Å². The van der Waals surface area contributed by atoms with E-state index in [2.05, 4.69) is 21.4 Å². The number of carbonyl (C=O) groups excluding carboxylic acids is 2. The van der Waals surface area contributed by atoms with Crippen LogP contribution in [0.4, 0.5) is 4.39 Å². The van der Waals surface area contributed by atoms with E-state index >= 15 is 0 Å². The van der Waals surface area contributed by atoms with Gasteiger partial charge in [0.2, 0.25) is 0 Å². The van der Waals surface area contributed by atoms with Crippen LogP contribution in [0.1, 0.15) is 26.3 Å². The van der Waals surface area contributed by atoms with Gasteiger partial charge in [-0.15, -0.1) is 0 Å². The lowest BCUT2D eigenvalue weighted by atomic mass is 10.1. The fourth-order valence-corrected chi connectivity index (χ4v) is 3.80. The van der Waals surface area contributed by atoms with E-state index < -0.39 is 11.7 Å². The second kappa shape index (κ2) is 8.26. The summed E-state index contributed by atoms with van der Waals surface area (Å²) in [6.45, 7) is 0.224. The Labute approximate surface area is 189 Å². The largest absolute Gasteiger partial charge is 0.456 e. The lowest BCUT2D eigenvalue weighted by Gasteiger charge is -2.19. The Morgan fingerprint density at radius 3 is 2.67 bits per heavy atom. The van der Waals surface area contributed by atoms with Gasteiger partial charge in [0, 0.05) is 16.1 Å². The van der Waals surface area contributed by atoms with Crippen molar-refractivity contribution in [2.45, 2.75) is 6.54 Å². The number of rotatable bonds is 4. The summed E-state index contributed by atoms with van der Waals surface area (Å²) in [4.78, 5) is 25.6. The zero-order chi connectivity index (χ0) is 21.4. The number of ether oxygens (including phenoxy) is 1. The van der Waals surface area contributed by atoms with Gasteiger partial charge < -0.3 is 4.74 Å². The molecule has 0 atom stereocenters. The Morgan fingerprint density at radius 1 is 1.10 bits per heavy atom. The zero-order valence-corrected chi connectivity index (χ0v) is 18.2. The first-order valence-corrected chi connectivity index (χ1v) is 10.2. The van der Waals surface area contributed by atoms with E-state index in [1.165, 1.54) is 29.3 Å². The van der Waals surface area contributed by atoms with Crippen LogP contribution in [-0.2, 0) is 6.54 Å². The normalized spacial score (nSPS) is 12.7. The molecule has 0 spiro atoms. The van der Waals surface area contributed by atoms with Gasteiger partial charge in [-0.3, -0.25) is 15.0 Å². The Hall–Kier alpha value is -2.61. The molecule has 0 bridgehead atoms. The summed E-state index contributed by atoms with van der Waals surface area (Å²) in [5, 5.41) is 1.22. The fourth-order valence-electron chi connectivity index (χ4n) is 3.02. The van der Waals surface area contributed by atoms with Crippen molar-refractivity contribution in [3.63, 3.8) is 0 Å². The monoisotopic (exact) mass is 508 g/mol. The van der Waals surface area contributed by atoms with Crippen LogP contribution in [0.25, 0.3) is 0 Å². The van der Waals surface area contributed by atoms with Gasteiger partial charge in [-0.05, 0) is 42.0 Å². The Kier molecular flexibility index (Phi) is 5.69. The first-order chi connectivity index (χ1) is 14.3. The minimum atomic E-state index is -0.621. The van der Waals surface area contributed by atoms with Crippen molar-refractivity contribution in [3.05, 3.63) is 91.6 Å². The number of hydrogen-bond donors (Lipinski definition) is 1.